The second-order valence-corrected chi connectivity index (χ2v) is 4.29. The number of unbranched alkanes of at least 4 members (excludes halogenated alkanes) is 3. The van der Waals surface area contributed by atoms with Crippen LogP contribution in [0.4, 0.5) is 5.82 Å². The maximum absolute atomic E-state index is 11.7. The Bertz CT molecular complexity index is 382. The van der Waals surface area contributed by atoms with Crippen LogP contribution in [0.15, 0.2) is 12.1 Å². The van der Waals surface area contributed by atoms with Gasteiger partial charge in [-0.2, -0.15) is 0 Å². The molecule has 5 heteroatoms. The Labute approximate surface area is 107 Å². The second-order valence-electron chi connectivity index (χ2n) is 3.88. The molecule has 0 radical (unpaired) electrons. The summed E-state index contributed by atoms with van der Waals surface area (Å²) in [5.74, 6) is 0.0318. The van der Waals surface area contributed by atoms with Crippen molar-refractivity contribution in [2.24, 2.45) is 0 Å². The number of halogens is 1. The number of hydrogen-bond donors (Lipinski definition) is 2. The van der Waals surface area contributed by atoms with Gasteiger partial charge >= 0.3 is 0 Å². The van der Waals surface area contributed by atoms with E-state index in [9.17, 15) is 4.79 Å². The molecule has 0 aromatic carbocycles. The molecule has 0 saturated carbocycles. The van der Waals surface area contributed by atoms with E-state index >= 15 is 0 Å². The zero-order valence-electron chi connectivity index (χ0n) is 10.0. The van der Waals surface area contributed by atoms with Crippen molar-refractivity contribution in [3.8, 4) is 0 Å². The third kappa shape index (κ3) is 4.61. The zero-order valence-corrected chi connectivity index (χ0v) is 10.8. The molecular formula is C12H18ClN3O. The first-order valence-corrected chi connectivity index (χ1v) is 6.23. The quantitative estimate of drug-likeness (QED) is 0.768. The minimum absolute atomic E-state index is 0.196. The largest absolute Gasteiger partial charge is 0.384 e. The Hall–Kier alpha value is -1.29. The van der Waals surface area contributed by atoms with E-state index in [2.05, 4.69) is 17.2 Å². The molecule has 0 aliphatic rings. The number of carbonyl (C=O) groups is 1. The lowest BCUT2D eigenvalue weighted by Crippen LogP contribution is -2.26. The van der Waals surface area contributed by atoms with Crippen molar-refractivity contribution in [3.05, 3.63) is 22.8 Å². The van der Waals surface area contributed by atoms with Gasteiger partial charge < -0.3 is 11.1 Å². The number of nitrogens with zero attached hydrogens (tertiary/aromatic N) is 1. The summed E-state index contributed by atoms with van der Waals surface area (Å²) in [4.78, 5) is 15.7. The van der Waals surface area contributed by atoms with E-state index in [0.29, 0.717) is 17.4 Å². The number of nitrogen functional groups attached to an aromatic ring is 1. The first-order valence-electron chi connectivity index (χ1n) is 5.85. The summed E-state index contributed by atoms with van der Waals surface area (Å²) in [5.41, 5.74) is 5.71. The fourth-order valence-electron chi connectivity index (χ4n) is 1.45. The fourth-order valence-corrected chi connectivity index (χ4v) is 1.64. The highest BCUT2D eigenvalue weighted by Gasteiger charge is 2.11. The predicted octanol–water partition coefficient (Wildman–Crippen LogP) is 2.63. The summed E-state index contributed by atoms with van der Waals surface area (Å²) >= 11 is 5.87. The highest BCUT2D eigenvalue weighted by atomic mass is 35.5. The van der Waals surface area contributed by atoms with Crippen molar-refractivity contribution in [3.63, 3.8) is 0 Å². The molecule has 0 aliphatic carbocycles. The number of rotatable bonds is 6. The first-order chi connectivity index (χ1) is 8.15. The van der Waals surface area contributed by atoms with E-state index < -0.39 is 0 Å². The summed E-state index contributed by atoms with van der Waals surface area (Å²) in [6.45, 7) is 2.79. The lowest BCUT2D eigenvalue weighted by Gasteiger charge is -2.06. The molecule has 0 aliphatic heterocycles. The monoisotopic (exact) mass is 255 g/mol. The zero-order chi connectivity index (χ0) is 12.7. The van der Waals surface area contributed by atoms with Crippen molar-refractivity contribution < 1.29 is 4.79 Å². The standard InChI is InChI=1S/C12H18ClN3O/c1-2-3-4-5-8-15-12(17)11-9(13)6-7-10(14)16-11/h6-7H,2-5,8H2,1H3,(H2,14,16)(H,15,17). The van der Waals surface area contributed by atoms with Gasteiger partial charge in [-0.1, -0.05) is 37.8 Å². The molecule has 4 nitrogen and oxygen atoms in total. The molecule has 1 heterocycles. The van der Waals surface area contributed by atoms with Crippen LogP contribution in [0.1, 0.15) is 43.1 Å². The van der Waals surface area contributed by atoms with Crippen LogP contribution < -0.4 is 11.1 Å². The van der Waals surface area contributed by atoms with Gasteiger partial charge in [0.1, 0.15) is 11.5 Å². The maximum Gasteiger partial charge on any atom is 0.271 e. The molecule has 1 amide bonds. The number of pyridine rings is 1. The topological polar surface area (TPSA) is 68.0 Å². The van der Waals surface area contributed by atoms with Gasteiger partial charge in [0.15, 0.2) is 0 Å². The number of amides is 1. The van der Waals surface area contributed by atoms with Crippen molar-refractivity contribution in [2.45, 2.75) is 32.6 Å². The lowest BCUT2D eigenvalue weighted by atomic mass is 10.2. The summed E-state index contributed by atoms with van der Waals surface area (Å²) in [6, 6.07) is 3.15. The normalized spacial score (nSPS) is 10.2. The Morgan fingerprint density at radius 2 is 2.18 bits per heavy atom. The molecule has 0 atom stereocenters. The molecule has 0 saturated heterocycles. The van der Waals surface area contributed by atoms with Gasteiger partial charge in [0, 0.05) is 6.54 Å². The molecule has 94 valence electrons. The molecule has 0 unspecified atom stereocenters. The summed E-state index contributed by atoms with van der Waals surface area (Å²) < 4.78 is 0. The molecule has 1 aromatic rings. The number of hydrogen-bond acceptors (Lipinski definition) is 3. The summed E-state index contributed by atoms with van der Waals surface area (Å²) in [5, 5.41) is 3.11. The SMILES string of the molecule is CCCCCCNC(=O)c1nc(N)ccc1Cl. The van der Waals surface area contributed by atoms with Crippen LogP contribution >= 0.6 is 11.6 Å². The predicted molar refractivity (Wildman–Crippen MR) is 70.1 cm³/mol. The molecule has 17 heavy (non-hydrogen) atoms. The van der Waals surface area contributed by atoms with Crippen LogP contribution in [0.2, 0.25) is 5.02 Å². The lowest BCUT2D eigenvalue weighted by molar-refractivity contribution is 0.0948. The molecular weight excluding hydrogens is 238 g/mol. The van der Waals surface area contributed by atoms with Crippen molar-refractivity contribution >= 4 is 23.3 Å². The molecule has 0 bridgehead atoms. The Morgan fingerprint density at radius 3 is 2.88 bits per heavy atom. The van der Waals surface area contributed by atoms with E-state index in [1.165, 1.54) is 12.8 Å². The fraction of sp³-hybridized carbons (Fsp3) is 0.500. The Morgan fingerprint density at radius 1 is 1.41 bits per heavy atom. The average molecular weight is 256 g/mol. The Balaban J connectivity index is 2.44. The summed E-state index contributed by atoms with van der Waals surface area (Å²) in [7, 11) is 0. The van der Waals surface area contributed by atoms with E-state index in [4.69, 9.17) is 17.3 Å². The van der Waals surface area contributed by atoms with Crippen molar-refractivity contribution in [1.82, 2.24) is 10.3 Å². The van der Waals surface area contributed by atoms with Gasteiger partial charge in [0.05, 0.1) is 5.02 Å². The number of nitrogens with two attached hydrogens (primary N) is 1. The van der Waals surface area contributed by atoms with Crippen molar-refractivity contribution in [2.75, 3.05) is 12.3 Å². The van der Waals surface area contributed by atoms with E-state index in [1.54, 1.807) is 12.1 Å². The van der Waals surface area contributed by atoms with E-state index in [-0.39, 0.29) is 11.6 Å². The molecule has 0 fully saturated rings. The van der Waals surface area contributed by atoms with Crippen LogP contribution in [0.25, 0.3) is 0 Å². The van der Waals surface area contributed by atoms with Gasteiger partial charge in [0.25, 0.3) is 5.91 Å². The van der Waals surface area contributed by atoms with Crippen LogP contribution in [-0.4, -0.2) is 17.4 Å². The smallest absolute Gasteiger partial charge is 0.271 e. The van der Waals surface area contributed by atoms with Gasteiger partial charge in [-0.25, -0.2) is 4.98 Å². The van der Waals surface area contributed by atoms with Gasteiger partial charge in [-0.05, 0) is 18.6 Å². The van der Waals surface area contributed by atoms with Gasteiger partial charge in [-0.15, -0.1) is 0 Å². The highest BCUT2D eigenvalue weighted by Crippen LogP contribution is 2.14. The minimum Gasteiger partial charge on any atom is -0.384 e. The van der Waals surface area contributed by atoms with Crippen LogP contribution in [-0.2, 0) is 0 Å². The molecule has 1 aromatic heterocycles. The molecule has 0 spiro atoms. The summed E-state index contributed by atoms with van der Waals surface area (Å²) in [6.07, 6.45) is 4.46. The number of anilines is 1. The van der Waals surface area contributed by atoms with Crippen LogP contribution in [0.5, 0.6) is 0 Å². The van der Waals surface area contributed by atoms with E-state index in [0.717, 1.165) is 12.8 Å². The highest BCUT2D eigenvalue weighted by molar-refractivity contribution is 6.33. The third-order valence-electron chi connectivity index (χ3n) is 2.40. The first kappa shape index (κ1) is 13.8. The number of nitrogens with one attached hydrogen (secondary N) is 1. The average Bonchev–Trinajstić information content (AvgIpc) is 2.32. The number of aromatic nitrogens is 1. The molecule has 1 rings (SSSR count). The van der Waals surface area contributed by atoms with E-state index in [1.807, 2.05) is 0 Å². The molecule has 3 N–H and O–H groups in total. The Kier molecular flexibility index (Phi) is 5.77. The van der Waals surface area contributed by atoms with Crippen LogP contribution in [0, 0.1) is 0 Å². The van der Waals surface area contributed by atoms with Crippen LogP contribution in [0.3, 0.4) is 0 Å². The maximum atomic E-state index is 11.7. The van der Waals surface area contributed by atoms with Gasteiger partial charge in [0.2, 0.25) is 0 Å². The minimum atomic E-state index is -0.265. The van der Waals surface area contributed by atoms with Crippen molar-refractivity contribution in [1.29, 1.82) is 0 Å². The van der Waals surface area contributed by atoms with Gasteiger partial charge in [-0.3, -0.25) is 4.79 Å². The second kappa shape index (κ2) is 7.12. The third-order valence-corrected chi connectivity index (χ3v) is 2.70. The number of carbonyl (C=O) groups excluding carboxylic acids is 1.